The van der Waals surface area contributed by atoms with Gasteiger partial charge >= 0.3 is 6.03 Å². The van der Waals surface area contributed by atoms with E-state index in [1.54, 1.807) is 38.4 Å². The van der Waals surface area contributed by atoms with Crippen LogP contribution in [0, 0.1) is 5.82 Å². The lowest BCUT2D eigenvalue weighted by molar-refractivity contribution is 0.0822. The number of rotatable bonds is 4. The summed E-state index contributed by atoms with van der Waals surface area (Å²) in [6.45, 7) is 0. The van der Waals surface area contributed by atoms with Crippen molar-refractivity contribution in [1.29, 1.82) is 0 Å². The highest BCUT2D eigenvalue weighted by molar-refractivity contribution is 5.95. The van der Waals surface area contributed by atoms with E-state index in [1.807, 2.05) is 0 Å². The van der Waals surface area contributed by atoms with Crippen LogP contribution in [0.15, 0.2) is 42.6 Å². The molecule has 0 saturated heterocycles. The summed E-state index contributed by atoms with van der Waals surface area (Å²) in [6.07, 6.45) is 2.17. The Morgan fingerprint density at radius 3 is 2.72 bits per heavy atom. The Morgan fingerprint density at radius 2 is 2.00 bits per heavy atom. The van der Waals surface area contributed by atoms with E-state index < -0.39 is 6.03 Å². The number of nitrogens with one attached hydrogen (secondary N) is 2. The fourth-order valence-corrected chi connectivity index (χ4v) is 2.66. The number of hydrogen-bond acceptors (Lipinski definition) is 3. The minimum absolute atomic E-state index is 0.00438. The van der Waals surface area contributed by atoms with Crippen LogP contribution in [0.4, 0.5) is 14.9 Å². The van der Waals surface area contributed by atoms with Crippen molar-refractivity contribution in [2.45, 2.75) is 18.4 Å². The molecule has 130 valence electrons. The fourth-order valence-electron chi connectivity index (χ4n) is 2.66. The van der Waals surface area contributed by atoms with Gasteiger partial charge in [0.2, 0.25) is 0 Å². The maximum atomic E-state index is 13.8. The van der Waals surface area contributed by atoms with Crippen molar-refractivity contribution in [2.75, 3.05) is 19.4 Å². The molecule has 7 heteroatoms. The molecule has 3 amide bonds. The van der Waals surface area contributed by atoms with Crippen molar-refractivity contribution >= 4 is 17.6 Å². The van der Waals surface area contributed by atoms with Gasteiger partial charge in [-0.15, -0.1) is 0 Å². The molecule has 1 aliphatic rings. The van der Waals surface area contributed by atoms with Gasteiger partial charge < -0.3 is 15.5 Å². The first-order valence-electron chi connectivity index (χ1n) is 7.95. The predicted octanol–water partition coefficient (Wildman–Crippen LogP) is 2.60. The number of urea groups is 1. The van der Waals surface area contributed by atoms with Gasteiger partial charge in [-0.2, -0.15) is 0 Å². The van der Waals surface area contributed by atoms with Crippen LogP contribution in [0.25, 0.3) is 0 Å². The van der Waals surface area contributed by atoms with Gasteiger partial charge in [0.15, 0.2) is 0 Å². The highest BCUT2D eigenvalue weighted by Crippen LogP contribution is 2.41. The Balaban J connectivity index is 1.58. The van der Waals surface area contributed by atoms with E-state index in [-0.39, 0.29) is 29.4 Å². The largest absolute Gasteiger partial charge is 0.343 e. The van der Waals surface area contributed by atoms with Crippen molar-refractivity contribution in [3.05, 3.63) is 59.7 Å². The summed E-state index contributed by atoms with van der Waals surface area (Å²) in [5.74, 6) is -0.501. The summed E-state index contributed by atoms with van der Waals surface area (Å²) in [5, 5.41) is 5.50. The molecule has 0 unspecified atom stereocenters. The number of nitrogens with zero attached hydrogens (tertiary/aromatic N) is 2. The molecule has 0 radical (unpaired) electrons. The number of pyridine rings is 1. The van der Waals surface area contributed by atoms with E-state index in [2.05, 4.69) is 15.6 Å². The first-order chi connectivity index (χ1) is 12.0. The second kappa shape index (κ2) is 6.88. The molecule has 2 atom stereocenters. The molecule has 6 nitrogen and oxygen atoms in total. The third-order valence-electron chi connectivity index (χ3n) is 4.05. The van der Waals surface area contributed by atoms with Gasteiger partial charge in [0, 0.05) is 37.9 Å². The van der Waals surface area contributed by atoms with Crippen LogP contribution in [-0.2, 0) is 0 Å². The molecule has 0 spiro atoms. The highest BCUT2D eigenvalue weighted by Gasteiger charge is 2.40. The smallest absolute Gasteiger partial charge is 0.319 e. The maximum Gasteiger partial charge on any atom is 0.319 e. The minimum Gasteiger partial charge on any atom is -0.343 e. The van der Waals surface area contributed by atoms with Gasteiger partial charge in [-0.3, -0.25) is 9.78 Å². The number of benzene rings is 1. The summed E-state index contributed by atoms with van der Waals surface area (Å²) in [6, 6.07) is 9.23. The predicted molar refractivity (Wildman–Crippen MR) is 92.0 cm³/mol. The van der Waals surface area contributed by atoms with E-state index in [0.717, 1.165) is 0 Å². The topological polar surface area (TPSA) is 74.3 Å². The van der Waals surface area contributed by atoms with Crippen LogP contribution in [0.1, 0.15) is 28.4 Å². The third-order valence-corrected chi connectivity index (χ3v) is 4.05. The SMILES string of the molecule is CN(C)C(=O)c1cc(NC(=O)N[C@@H]2C[C@H]2c2ccccc2F)ccn1. The van der Waals surface area contributed by atoms with Crippen molar-refractivity contribution in [1.82, 2.24) is 15.2 Å². The average molecular weight is 342 g/mol. The molecular weight excluding hydrogens is 323 g/mol. The molecule has 1 heterocycles. The quantitative estimate of drug-likeness (QED) is 0.897. The van der Waals surface area contributed by atoms with Crippen molar-refractivity contribution in [3.8, 4) is 0 Å². The van der Waals surface area contributed by atoms with Crippen LogP contribution in [0.2, 0.25) is 0 Å². The van der Waals surface area contributed by atoms with Crippen LogP contribution < -0.4 is 10.6 Å². The second-order valence-corrected chi connectivity index (χ2v) is 6.20. The summed E-state index contributed by atoms with van der Waals surface area (Å²) < 4.78 is 13.8. The van der Waals surface area contributed by atoms with Gasteiger partial charge in [0.05, 0.1) is 0 Å². The molecule has 1 aromatic carbocycles. The van der Waals surface area contributed by atoms with Gasteiger partial charge in [-0.25, -0.2) is 9.18 Å². The molecule has 25 heavy (non-hydrogen) atoms. The normalized spacial score (nSPS) is 18.4. The van der Waals surface area contributed by atoms with Gasteiger partial charge in [-0.1, -0.05) is 18.2 Å². The van der Waals surface area contributed by atoms with Gasteiger partial charge in [0.1, 0.15) is 11.5 Å². The highest BCUT2D eigenvalue weighted by atomic mass is 19.1. The first-order valence-corrected chi connectivity index (χ1v) is 7.95. The van der Waals surface area contributed by atoms with E-state index in [0.29, 0.717) is 17.7 Å². The van der Waals surface area contributed by atoms with E-state index >= 15 is 0 Å². The Hall–Kier alpha value is -2.96. The Labute approximate surface area is 145 Å². The molecule has 1 aliphatic carbocycles. The summed E-state index contributed by atoms with van der Waals surface area (Å²) in [4.78, 5) is 29.4. The lowest BCUT2D eigenvalue weighted by Crippen LogP contribution is -2.31. The number of carbonyl (C=O) groups excluding carboxylic acids is 2. The van der Waals surface area contributed by atoms with Crippen LogP contribution in [0.3, 0.4) is 0 Å². The summed E-state index contributed by atoms with van der Waals surface area (Å²) >= 11 is 0. The van der Waals surface area contributed by atoms with Crippen LogP contribution in [-0.4, -0.2) is 42.0 Å². The summed E-state index contributed by atoms with van der Waals surface area (Å²) in [7, 11) is 3.26. The molecular formula is C18H19FN4O2. The number of amides is 3. The standard InChI is InChI=1S/C18H19FN4O2/c1-23(2)17(24)16-9-11(7-8-20-16)21-18(25)22-15-10-13(15)12-5-3-4-6-14(12)19/h3-9,13,15H,10H2,1-2H3,(H2,20,21,22,25)/t13-,15+/m0/s1. The zero-order chi connectivity index (χ0) is 18.0. The molecule has 1 saturated carbocycles. The number of hydrogen-bond donors (Lipinski definition) is 2. The molecule has 0 bridgehead atoms. The molecule has 1 aromatic heterocycles. The third kappa shape index (κ3) is 3.93. The molecule has 1 fully saturated rings. The van der Waals surface area contributed by atoms with Gasteiger partial charge in [0.25, 0.3) is 5.91 Å². The average Bonchev–Trinajstić information content (AvgIpc) is 3.33. The van der Waals surface area contributed by atoms with E-state index in [4.69, 9.17) is 0 Å². The lowest BCUT2D eigenvalue weighted by atomic mass is 10.1. The van der Waals surface area contributed by atoms with Crippen molar-refractivity contribution in [3.63, 3.8) is 0 Å². The summed E-state index contributed by atoms with van der Waals surface area (Å²) in [5.41, 5.74) is 1.34. The molecule has 0 aliphatic heterocycles. The lowest BCUT2D eigenvalue weighted by Gasteiger charge is -2.11. The Morgan fingerprint density at radius 1 is 1.24 bits per heavy atom. The Bertz CT molecular complexity index is 809. The zero-order valence-electron chi connectivity index (χ0n) is 14.0. The monoisotopic (exact) mass is 342 g/mol. The maximum absolute atomic E-state index is 13.8. The number of aromatic nitrogens is 1. The van der Waals surface area contributed by atoms with Crippen LogP contribution in [0.5, 0.6) is 0 Å². The Kier molecular flexibility index (Phi) is 4.65. The first kappa shape index (κ1) is 16.9. The number of halogens is 1. The molecule has 2 N–H and O–H groups in total. The van der Waals surface area contributed by atoms with Crippen molar-refractivity contribution in [2.24, 2.45) is 0 Å². The van der Waals surface area contributed by atoms with Crippen LogP contribution >= 0.6 is 0 Å². The minimum atomic E-state index is -0.390. The number of carbonyl (C=O) groups is 2. The van der Waals surface area contributed by atoms with Gasteiger partial charge in [-0.05, 0) is 30.2 Å². The van der Waals surface area contributed by atoms with Crippen molar-refractivity contribution < 1.29 is 14.0 Å². The van der Waals surface area contributed by atoms with E-state index in [1.165, 1.54) is 23.2 Å². The number of anilines is 1. The second-order valence-electron chi connectivity index (χ2n) is 6.20. The molecule has 3 rings (SSSR count). The zero-order valence-corrected chi connectivity index (χ0v) is 14.0. The fraction of sp³-hybridized carbons (Fsp3) is 0.278. The van der Waals surface area contributed by atoms with E-state index in [9.17, 15) is 14.0 Å². The molecule has 2 aromatic rings.